The average Bonchev–Trinajstić information content (AvgIpc) is 2.73. The Morgan fingerprint density at radius 3 is 2.69 bits per heavy atom. The van der Waals surface area contributed by atoms with Crippen LogP contribution in [-0.2, 0) is 17.8 Å². The van der Waals surface area contributed by atoms with E-state index in [4.69, 9.17) is 0 Å². The van der Waals surface area contributed by atoms with Gasteiger partial charge in [0.15, 0.2) is 0 Å². The summed E-state index contributed by atoms with van der Waals surface area (Å²) >= 11 is 0. The van der Waals surface area contributed by atoms with Gasteiger partial charge in [0, 0.05) is 44.4 Å². The predicted octanol–water partition coefficient (Wildman–Crippen LogP) is 3.98. The lowest BCUT2D eigenvalue weighted by Crippen LogP contribution is -2.51. The van der Waals surface area contributed by atoms with E-state index in [0.717, 1.165) is 69.7 Å². The summed E-state index contributed by atoms with van der Waals surface area (Å²) in [5, 5.41) is 0. The van der Waals surface area contributed by atoms with Gasteiger partial charge in [-0.25, -0.2) is 4.39 Å². The largest absolute Gasteiger partial charge is 0.342 e. The molecule has 0 aliphatic carbocycles. The third-order valence-corrected chi connectivity index (χ3v) is 6.73. The molecule has 1 amide bonds. The van der Waals surface area contributed by atoms with Crippen molar-refractivity contribution in [2.75, 3.05) is 26.2 Å². The number of pyridine rings is 1. The normalized spacial score (nSPS) is 19.7. The van der Waals surface area contributed by atoms with Crippen LogP contribution in [0, 0.1) is 18.2 Å². The van der Waals surface area contributed by atoms with Gasteiger partial charge in [-0.05, 0) is 80.1 Å². The van der Waals surface area contributed by atoms with Gasteiger partial charge in [0.1, 0.15) is 5.82 Å². The second-order valence-electron chi connectivity index (χ2n) is 8.73. The van der Waals surface area contributed by atoms with Crippen molar-refractivity contribution in [3.8, 4) is 0 Å². The third-order valence-electron chi connectivity index (χ3n) is 6.73. The van der Waals surface area contributed by atoms with Gasteiger partial charge in [0.25, 0.3) is 0 Å². The molecule has 0 saturated carbocycles. The van der Waals surface area contributed by atoms with Crippen LogP contribution in [0.3, 0.4) is 0 Å². The fourth-order valence-corrected chi connectivity index (χ4v) is 4.77. The van der Waals surface area contributed by atoms with Gasteiger partial charge >= 0.3 is 0 Å². The van der Waals surface area contributed by atoms with E-state index in [1.807, 2.05) is 37.4 Å². The van der Waals surface area contributed by atoms with E-state index in [1.54, 1.807) is 12.1 Å². The van der Waals surface area contributed by atoms with E-state index >= 15 is 0 Å². The third kappa shape index (κ3) is 4.84. The van der Waals surface area contributed by atoms with Crippen LogP contribution in [0.5, 0.6) is 0 Å². The zero-order valence-corrected chi connectivity index (χ0v) is 17.2. The van der Waals surface area contributed by atoms with Crippen molar-refractivity contribution >= 4 is 5.91 Å². The van der Waals surface area contributed by atoms with Gasteiger partial charge in [-0.15, -0.1) is 0 Å². The Balaban J connectivity index is 1.32. The first-order valence-electron chi connectivity index (χ1n) is 10.7. The lowest BCUT2D eigenvalue weighted by Gasteiger charge is -2.47. The Bertz CT molecular complexity index is 846. The highest BCUT2D eigenvalue weighted by Crippen LogP contribution is 2.40. The molecule has 2 aliphatic heterocycles. The summed E-state index contributed by atoms with van der Waals surface area (Å²) in [5.41, 5.74) is 3.53. The zero-order valence-electron chi connectivity index (χ0n) is 17.2. The highest BCUT2D eigenvalue weighted by atomic mass is 19.1. The summed E-state index contributed by atoms with van der Waals surface area (Å²) in [6.45, 7) is 6.58. The van der Waals surface area contributed by atoms with E-state index in [0.29, 0.717) is 6.42 Å². The molecule has 4 rings (SSSR count). The van der Waals surface area contributed by atoms with Crippen LogP contribution in [0.25, 0.3) is 0 Å². The number of likely N-dealkylation sites (tertiary alicyclic amines) is 2. The van der Waals surface area contributed by atoms with Crippen LogP contribution < -0.4 is 0 Å². The molecule has 1 aromatic heterocycles. The highest BCUT2D eigenvalue weighted by Gasteiger charge is 2.40. The molecule has 2 aliphatic rings. The van der Waals surface area contributed by atoms with Crippen LogP contribution >= 0.6 is 0 Å². The number of hydrogen-bond acceptors (Lipinski definition) is 3. The molecule has 2 saturated heterocycles. The quantitative estimate of drug-likeness (QED) is 0.768. The monoisotopic (exact) mass is 395 g/mol. The van der Waals surface area contributed by atoms with Crippen molar-refractivity contribution in [1.82, 2.24) is 14.8 Å². The molecular formula is C24H30FN3O. The molecule has 4 nitrogen and oxygen atoms in total. The Labute approximate surface area is 172 Å². The molecule has 1 spiro atoms. The number of carbonyl (C=O) groups excluding carboxylic acids is 1. The van der Waals surface area contributed by atoms with Crippen LogP contribution in [-0.4, -0.2) is 46.9 Å². The van der Waals surface area contributed by atoms with Crippen molar-refractivity contribution in [1.29, 1.82) is 0 Å². The minimum absolute atomic E-state index is 0.165. The van der Waals surface area contributed by atoms with Gasteiger partial charge in [-0.3, -0.25) is 14.7 Å². The number of aromatic nitrogens is 1. The van der Waals surface area contributed by atoms with Gasteiger partial charge in [0.2, 0.25) is 5.91 Å². The summed E-state index contributed by atoms with van der Waals surface area (Å²) < 4.78 is 13.4. The zero-order chi connectivity index (χ0) is 20.3. The number of nitrogens with zero attached hydrogens (tertiary/aromatic N) is 3. The summed E-state index contributed by atoms with van der Waals surface area (Å²) in [6, 6.07) is 11.0. The van der Waals surface area contributed by atoms with Crippen LogP contribution in [0.15, 0.2) is 42.6 Å². The molecule has 3 heterocycles. The molecule has 1 aromatic carbocycles. The SMILES string of the molecule is Cc1cc(F)ccc1CN1CCC2(CCC(=O)N(CCc3ccccn3)C2)CC1. The van der Waals surface area contributed by atoms with E-state index in [2.05, 4.69) is 14.8 Å². The van der Waals surface area contributed by atoms with Gasteiger partial charge in [0.05, 0.1) is 0 Å². The molecule has 5 heteroatoms. The summed E-state index contributed by atoms with van der Waals surface area (Å²) in [6.07, 6.45) is 6.56. The molecule has 0 unspecified atom stereocenters. The maximum atomic E-state index is 13.4. The summed E-state index contributed by atoms with van der Waals surface area (Å²) in [4.78, 5) is 21.4. The standard InChI is InChI=1S/C24H30FN3O/c1-19-16-21(25)6-5-20(19)17-27-14-10-24(11-15-27)9-7-23(29)28(18-24)13-8-22-4-2-3-12-26-22/h2-6,12,16H,7-11,13-15,17-18H2,1H3. The lowest BCUT2D eigenvalue weighted by atomic mass is 9.72. The number of halogens is 1. The maximum Gasteiger partial charge on any atom is 0.222 e. The first kappa shape index (κ1) is 20.0. The topological polar surface area (TPSA) is 36.4 Å². The van der Waals surface area contributed by atoms with Crippen molar-refractivity contribution in [3.63, 3.8) is 0 Å². The molecule has 29 heavy (non-hydrogen) atoms. The van der Waals surface area contributed by atoms with Gasteiger partial charge < -0.3 is 4.90 Å². The van der Waals surface area contributed by atoms with Gasteiger partial charge in [-0.1, -0.05) is 12.1 Å². The van der Waals surface area contributed by atoms with Crippen molar-refractivity contribution < 1.29 is 9.18 Å². The minimum atomic E-state index is -0.165. The number of aryl methyl sites for hydroxylation is 1. The highest BCUT2D eigenvalue weighted by molar-refractivity contribution is 5.77. The molecule has 2 aromatic rings. The Hall–Kier alpha value is -2.27. The van der Waals surface area contributed by atoms with Crippen molar-refractivity contribution in [2.45, 2.75) is 45.6 Å². The van der Waals surface area contributed by atoms with E-state index in [1.165, 1.54) is 5.56 Å². The molecule has 2 fully saturated rings. The molecule has 0 radical (unpaired) electrons. The van der Waals surface area contributed by atoms with Crippen LogP contribution in [0.1, 0.15) is 42.5 Å². The maximum absolute atomic E-state index is 13.4. The Morgan fingerprint density at radius 1 is 1.14 bits per heavy atom. The fraction of sp³-hybridized carbons (Fsp3) is 0.500. The second-order valence-corrected chi connectivity index (χ2v) is 8.73. The molecule has 0 atom stereocenters. The number of benzene rings is 1. The van der Waals surface area contributed by atoms with E-state index in [9.17, 15) is 9.18 Å². The van der Waals surface area contributed by atoms with Crippen molar-refractivity contribution in [3.05, 3.63) is 65.2 Å². The first-order valence-corrected chi connectivity index (χ1v) is 10.7. The Kier molecular flexibility index (Phi) is 5.95. The van der Waals surface area contributed by atoms with E-state index < -0.39 is 0 Å². The van der Waals surface area contributed by atoms with Crippen molar-refractivity contribution in [2.24, 2.45) is 5.41 Å². The molecule has 0 bridgehead atoms. The second kappa shape index (κ2) is 8.62. The van der Waals surface area contributed by atoms with E-state index in [-0.39, 0.29) is 17.1 Å². The average molecular weight is 396 g/mol. The number of hydrogen-bond donors (Lipinski definition) is 0. The van der Waals surface area contributed by atoms with Gasteiger partial charge in [-0.2, -0.15) is 0 Å². The number of rotatable bonds is 5. The Morgan fingerprint density at radius 2 is 1.97 bits per heavy atom. The first-order chi connectivity index (χ1) is 14.0. The number of piperidine rings is 2. The smallest absolute Gasteiger partial charge is 0.222 e. The molecular weight excluding hydrogens is 365 g/mol. The summed E-state index contributed by atoms with van der Waals surface area (Å²) in [5.74, 6) is 0.123. The fourth-order valence-electron chi connectivity index (χ4n) is 4.77. The molecule has 154 valence electrons. The molecule has 0 N–H and O–H groups in total. The predicted molar refractivity (Wildman–Crippen MR) is 112 cm³/mol. The minimum Gasteiger partial charge on any atom is -0.342 e. The number of amides is 1. The summed E-state index contributed by atoms with van der Waals surface area (Å²) in [7, 11) is 0. The lowest BCUT2D eigenvalue weighted by molar-refractivity contribution is -0.139. The van der Waals surface area contributed by atoms with Crippen LogP contribution in [0.2, 0.25) is 0 Å². The van der Waals surface area contributed by atoms with Crippen LogP contribution in [0.4, 0.5) is 4.39 Å². The number of carbonyl (C=O) groups is 1.